The van der Waals surface area contributed by atoms with Gasteiger partial charge in [0.05, 0.1) is 10.4 Å². The molecule has 2 heterocycles. The lowest BCUT2D eigenvalue weighted by Crippen LogP contribution is -2.46. The van der Waals surface area contributed by atoms with Crippen molar-refractivity contribution in [2.45, 2.75) is 13.1 Å². The number of rotatable bonds is 3. The van der Waals surface area contributed by atoms with E-state index < -0.39 is 12.1 Å². The molecule has 3 aromatic carbocycles. The average Bonchev–Trinajstić information content (AvgIpc) is 3.24. The lowest BCUT2D eigenvalue weighted by Gasteiger charge is -2.38. The maximum Gasteiger partial charge on any atom is 0.266 e. The number of carbonyl (C=O) groups is 1. The van der Waals surface area contributed by atoms with Crippen LogP contribution in [0.3, 0.4) is 0 Å². The first-order valence-electron chi connectivity index (χ1n) is 10.0. The summed E-state index contributed by atoms with van der Waals surface area (Å²) in [5.74, 6) is 0.201. The standard InChI is InChI=1S/C25H18N4O2S/c1-15-7-5-6-10-21(15)29-23(27-24(30)19(14-26)25(29)32)17-11-12-20-18(13-17)22(31-28-20)16-8-3-2-4-9-16/h2-13,23,32H,1H3,(H,27,30). The summed E-state index contributed by atoms with van der Waals surface area (Å²) >= 11 is 4.59. The summed E-state index contributed by atoms with van der Waals surface area (Å²) in [6, 6.07) is 25.2. The highest BCUT2D eigenvalue weighted by Crippen LogP contribution is 2.39. The number of carbonyl (C=O) groups excluding carboxylic acids is 1. The molecule has 0 spiro atoms. The molecule has 0 saturated heterocycles. The summed E-state index contributed by atoms with van der Waals surface area (Å²) in [4.78, 5) is 14.6. The van der Waals surface area contributed by atoms with Crippen molar-refractivity contribution in [3.8, 4) is 17.4 Å². The zero-order chi connectivity index (χ0) is 22.2. The molecule has 0 bridgehead atoms. The van der Waals surface area contributed by atoms with Gasteiger partial charge >= 0.3 is 0 Å². The summed E-state index contributed by atoms with van der Waals surface area (Å²) in [5, 5.41) is 17.8. The van der Waals surface area contributed by atoms with E-state index in [0.717, 1.165) is 33.3 Å². The number of anilines is 1. The summed E-state index contributed by atoms with van der Waals surface area (Å²) in [7, 11) is 0. The second kappa shape index (κ2) is 7.91. The maximum atomic E-state index is 12.7. The molecule has 1 atom stereocenters. The average molecular weight is 439 g/mol. The number of aromatic nitrogens is 1. The lowest BCUT2D eigenvalue weighted by atomic mass is 10.0. The van der Waals surface area contributed by atoms with E-state index in [1.165, 1.54) is 0 Å². The lowest BCUT2D eigenvalue weighted by molar-refractivity contribution is -0.118. The summed E-state index contributed by atoms with van der Waals surface area (Å²) < 4.78 is 5.63. The monoisotopic (exact) mass is 438 g/mol. The van der Waals surface area contributed by atoms with Gasteiger partial charge in [-0.25, -0.2) is 0 Å². The van der Waals surface area contributed by atoms with Gasteiger partial charge in [-0.05, 0) is 36.2 Å². The molecule has 7 heteroatoms. The van der Waals surface area contributed by atoms with Crippen LogP contribution in [0.1, 0.15) is 17.3 Å². The van der Waals surface area contributed by atoms with Crippen molar-refractivity contribution < 1.29 is 9.32 Å². The van der Waals surface area contributed by atoms with Crippen LogP contribution in [0.15, 0.2) is 87.9 Å². The molecule has 1 aliphatic rings. The van der Waals surface area contributed by atoms with Gasteiger partial charge in [-0.15, -0.1) is 12.6 Å². The van der Waals surface area contributed by atoms with Crippen molar-refractivity contribution in [2.75, 3.05) is 4.90 Å². The quantitative estimate of drug-likeness (QED) is 0.435. The van der Waals surface area contributed by atoms with E-state index in [1.54, 1.807) is 0 Å². The zero-order valence-electron chi connectivity index (χ0n) is 17.1. The van der Waals surface area contributed by atoms with Crippen LogP contribution in [0.25, 0.3) is 22.2 Å². The number of para-hydroxylation sites is 1. The van der Waals surface area contributed by atoms with Gasteiger partial charge in [0, 0.05) is 11.3 Å². The molecular weight excluding hydrogens is 420 g/mol. The van der Waals surface area contributed by atoms with Gasteiger partial charge in [-0.1, -0.05) is 59.8 Å². The third-order valence-electron chi connectivity index (χ3n) is 5.54. The van der Waals surface area contributed by atoms with Crippen molar-refractivity contribution in [1.82, 2.24) is 10.5 Å². The van der Waals surface area contributed by atoms with Gasteiger partial charge < -0.3 is 14.7 Å². The number of nitrogens with zero attached hydrogens (tertiary/aromatic N) is 3. The maximum absolute atomic E-state index is 12.7. The first kappa shape index (κ1) is 19.9. The van der Waals surface area contributed by atoms with E-state index in [9.17, 15) is 10.1 Å². The minimum Gasteiger partial charge on any atom is -0.355 e. The Hall–Kier alpha value is -4.02. The fourth-order valence-corrected chi connectivity index (χ4v) is 4.33. The Kier molecular flexibility index (Phi) is 4.92. The van der Waals surface area contributed by atoms with E-state index in [1.807, 2.05) is 90.7 Å². The van der Waals surface area contributed by atoms with E-state index in [0.29, 0.717) is 10.8 Å². The predicted molar refractivity (Wildman–Crippen MR) is 126 cm³/mol. The molecule has 0 aliphatic carbocycles. The molecule has 1 amide bonds. The number of aryl methyl sites for hydroxylation is 1. The van der Waals surface area contributed by atoms with Crippen LogP contribution >= 0.6 is 12.6 Å². The van der Waals surface area contributed by atoms with Gasteiger partial charge in [0.2, 0.25) is 0 Å². The third-order valence-corrected chi connectivity index (χ3v) is 5.98. The fraction of sp³-hybridized carbons (Fsp3) is 0.0800. The van der Waals surface area contributed by atoms with Crippen molar-refractivity contribution in [2.24, 2.45) is 0 Å². The number of nitriles is 1. The Bertz CT molecular complexity index is 1420. The van der Waals surface area contributed by atoms with Crippen molar-refractivity contribution in [1.29, 1.82) is 5.26 Å². The molecule has 5 rings (SSSR count). The van der Waals surface area contributed by atoms with Crippen LogP contribution in [-0.4, -0.2) is 11.1 Å². The topological polar surface area (TPSA) is 82.2 Å². The summed E-state index contributed by atoms with van der Waals surface area (Å²) in [6.45, 7) is 1.98. The summed E-state index contributed by atoms with van der Waals surface area (Å²) in [5.41, 5.74) is 4.27. The van der Waals surface area contributed by atoms with Gasteiger partial charge in [-0.2, -0.15) is 5.26 Å². The van der Waals surface area contributed by atoms with Gasteiger partial charge in [0.1, 0.15) is 23.3 Å². The molecule has 0 radical (unpaired) electrons. The number of amides is 1. The van der Waals surface area contributed by atoms with Crippen molar-refractivity contribution in [3.05, 3.63) is 94.5 Å². The normalized spacial score (nSPS) is 16.2. The molecule has 0 fully saturated rings. The van der Waals surface area contributed by atoms with Crippen LogP contribution in [0.2, 0.25) is 0 Å². The zero-order valence-corrected chi connectivity index (χ0v) is 18.0. The number of benzene rings is 3. The first-order valence-corrected chi connectivity index (χ1v) is 10.5. The smallest absolute Gasteiger partial charge is 0.266 e. The number of fused-ring (bicyclic) bond motifs is 1. The number of hydrogen-bond donors (Lipinski definition) is 2. The van der Waals surface area contributed by atoms with E-state index in [-0.39, 0.29) is 5.57 Å². The number of hydrogen-bond acceptors (Lipinski definition) is 6. The van der Waals surface area contributed by atoms with Gasteiger partial charge in [-0.3, -0.25) is 4.79 Å². The van der Waals surface area contributed by atoms with Gasteiger partial charge in [0.25, 0.3) is 5.91 Å². The van der Waals surface area contributed by atoms with Crippen molar-refractivity contribution in [3.63, 3.8) is 0 Å². The number of nitrogens with one attached hydrogen (secondary N) is 1. The minimum absolute atomic E-state index is 0.0242. The largest absolute Gasteiger partial charge is 0.355 e. The highest BCUT2D eigenvalue weighted by molar-refractivity contribution is 7.84. The fourth-order valence-electron chi connectivity index (χ4n) is 3.95. The first-order chi connectivity index (χ1) is 15.6. The van der Waals surface area contributed by atoms with Gasteiger partial charge in [0.15, 0.2) is 5.76 Å². The van der Waals surface area contributed by atoms with E-state index in [4.69, 9.17) is 4.52 Å². The molecule has 1 aliphatic heterocycles. The molecule has 1 aromatic heterocycles. The Labute approximate surface area is 190 Å². The second-order valence-corrected chi connectivity index (χ2v) is 7.92. The molecule has 0 saturated carbocycles. The van der Waals surface area contributed by atoms with E-state index >= 15 is 0 Å². The highest BCUT2D eigenvalue weighted by atomic mass is 32.1. The minimum atomic E-state index is -0.559. The Morgan fingerprint density at radius 3 is 2.59 bits per heavy atom. The Morgan fingerprint density at radius 2 is 1.84 bits per heavy atom. The summed E-state index contributed by atoms with van der Waals surface area (Å²) in [6.07, 6.45) is -0.559. The SMILES string of the molecule is Cc1ccccc1N1C(S)=C(C#N)C(=O)NC1c1ccc2noc(-c3ccccc3)c2c1. The van der Waals surface area contributed by atoms with Crippen molar-refractivity contribution >= 4 is 35.1 Å². The molecule has 1 unspecified atom stereocenters. The molecule has 1 N–H and O–H groups in total. The molecular formula is C25H18N4O2S. The molecule has 32 heavy (non-hydrogen) atoms. The molecule has 6 nitrogen and oxygen atoms in total. The van der Waals surface area contributed by atoms with Crippen LogP contribution < -0.4 is 10.2 Å². The van der Waals surface area contributed by atoms with Crippen LogP contribution in [0.4, 0.5) is 5.69 Å². The van der Waals surface area contributed by atoms with Crippen LogP contribution in [-0.2, 0) is 4.79 Å². The predicted octanol–water partition coefficient (Wildman–Crippen LogP) is 5.10. The number of thiol groups is 1. The molecule has 156 valence electrons. The second-order valence-electron chi connectivity index (χ2n) is 7.50. The van der Waals surface area contributed by atoms with Crippen LogP contribution in [0.5, 0.6) is 0 Å². The molecule has 4 aromatic rings. The van der Waals surface area contributed by atoms with E-state index in [2.05, 4.69) is 23.1 Å². The third kappa shape index (κ3) is 3.22. The Morgan fingerprint density at radius 1 is 1.09 bits per heavy atom. The highest BCUT2D eigenvalue weighted by Gasteiger charge is 2.34. The Balaban J connectivity index is 1.69. The van der Waals surface area contributed by atoms with Crippen LogP contribution in [0, 0.1) is 18.3 Å².